The van der Waals surface area contributed by atoms with Crippen molar-refractivity contribution in [3.05, 3.63) is 179 Å². The molecule has 10 rings (SSSR count). The average Bonchev–Trinajstić information content (AvgIpc) is 4.25. The van der Waals surface area contributed by atoms with Crippen LogP contribution in [0.3, 0.4) is 0 Å². The van der Waals surface area contributed by atoms with Gasteiger partial charge in [-0.05, 0) is 83.6 Å². The molecule has 0 radical (unpaired) electrons. The van der Waals surface area contributed by atoms with E-state index in [2.05, 4.69) is 10.6 Å². The van der Waals surface area contributed by atoms with Crippen LogP contribution in [0.25, 0.3) is 22.5 Å². The highest BCUT2D eigenvalue weighted by Crippen LogP contribution is 2.45. The number of ether oxygens (including phenoxy) is 4. The Morgan fingerprint density at radius 2 is 0.892 bits per heavy atom. The lowest BCUT2D eigenvalue weighted by molar-refractivity contribution is -0.117. The first-order chi connectivity index (χ1) is 36.1. The van der Waals surface area contributed by atoms with E-state index in [1.54, 1.807) is 38.2 Å². The van der Waals surface area contributed by atoms with Crippen molar-refractivity contribution in [2.24, 2.45) is 0 Å². The second kappa shape index (κ2) is 22.8. The molecule has 0 bridgehead atoms. The summed E-state index contributed by atoms with van der Waals surface area (Å²) in [7, 11) is 6.37. The normalized spacial score (nSPS) is 16.3. The topological polar surface area (TPSA) is 127 Å². The Bertz CT molecular complexity index is 3100. The fourth-order valence-electron chi connectivity index (χ4n) is 8.85. The summed E-state index contributed by atoms with van der Waals surface area (Å²) in [6, 6.07) is 46.3. The van der Waals surface area contributed by atoms with Gasteiger partial charge in [0.15, 0.2) is 33.3 Å². The molecule has 2 saturated heterocycles. The lowest BCUT2D eigenvalue weighted by Crippen LogP contribution is -2.36. The molecule has 74 heavy (non-hydrogen) atoms. The number of thiazole rings is 2. The lowest BCUT2D eigenvalue weighted by Gasteiger charge is -2.24. The zero-order chi connectivity index (χ0) is 51.3. The van der Waals surface area contributed by atoms with Gasteiger partial charge >= 0.3 is 0 Å². The molecule has 2 amide bonds. The number of nitrogens with one attached hydrogen (secondary N) is 2. The second-order valence-corrected chi connectivity index (χ2v) is 22.3. The number of anilines is 4. The number of thioether (sulfide) groups is 2. The molecular weight excluding hydrogens is 1050 g/mol. The van der Waals surface area contributed by atoms with Crippen LogP contribution in [-0.4, -0.2) is 69.4 Å². The van der Waals surface area contributed by atoms with Crippen LogP contribution in [0.15, 0.2) is 156 Å². The first-order valence-electron chi connectivity index (χ1n) is 23.4. The quantitative estimate of drug-likeness (QED) is 0.0746. The average molecular weight is 1090 g/mol. The van der Waals surface area contributed by atoms with Gasteiger partial charge in [0.25, 0.3) is 0 Å². The summed E-state index contributed by atoms with van der Waals surface area (Å²) in [5.74, 6) is 2.01. The third-order valence-electron chi connectivity index (χ3n) is 12.7. The molecule has 2 aliphatic heterocycles. The van der Waals surface area contributed by atoms with Gasteiger partial charge in [0.1, 0.15) is 19.1 Å². The first-order valence-corrected chi connectivity index (χ1v) is 27.7. The van der Waals surface area contributed by atoms with Crippen molar-refractivity contribution in [2.45, 2.75) is 35.4 Å². The summed E-state index contributed by atoms with van der Waals surface area (Å²) < 4.78 is 23.3. The zero-order valence-corrected chi connectivity index (χ0v) is 45.3. The third kappa shape index (κ3) is 10.7. The second-order valence-electron chi connectivity index (χ2n) is 17.1. The van der Waals surface area contributed by atoms with E-state index in [1.165, 1.54) is 46.2 Å². The van der Waals surface area contributed by atoms with Crippen molar-refractivity contribution in [1.29, 1.82) is 0 Å². The molecule has 0 saturated carbocycles. The van der Waals surface area contributed by atoms with E-state index in [1.807, 2.05) is 156 Å². The molecule has 0 spiro atoms. The minimum atomic E-state index is -0.602. The number of carbonyl (C=O) groups excluding carboxylic acids is 2. The van der Waals surface area contributed by atoms with Gasteiger partial charge in [0.2, 0.25) is 11.8 Å². The Balaban J connectivity index is 0.812. The molecule has 18 heteroatoms. The fraction of sp³-hybridized carbons (Fsp3) is 0.179. The molecule has 2 fully saturated rings. The van der Waals surface area contributed by atoms with Gasteiger partial charge in [-0.1, -0.05) is 145 Å². The van der Waals surface area contributed by atoms with Crippen LogP contribution in [0.4, 0.5) is 21.6 Å². The molecule has 12 nitrogen and oxygen atoms in total. The number of carbonyl (C=O) groups is 2. The Labute approximate surface area is 456 Å². The maximum Gasteiger partial charge on any atom is 0.248 e. The largest absolute Gasteiger partial charge is 0.493 e. The van der Waals surface area contributed by atoms with Crippen LogP contribution in [0, 0.1) is 0 Å². The number of methoxy groups -OCH3 is 4. The van der Waals surface area contributed by atoms with Gasteiger partial charge in [0, 0.05) is 21.9 Å². The molecule has 0 aliphatic carbocycles. The molecule has 4 heterocycles. The molecule has 6 aromatic carbocycles. The number of amides is 2. The molecule has 4 unspecified atom stereocenters. The number of aromatic nitrogens is 2. The zero-order valence-electron chi connectivity index (χ0n) is 40.4. The van der Waals surface area contributed by atoms with Gasteiger partial charge in [-0.25, -0.2) is 9.97 Å². The van der Waals surface area contributed by atoms with Crippen molar-refractivity contribution >= 4 is 113 Å². The molecule has 2 aliphatic rings. The summed E-state index contributed by atoms with van der Waals surface area (Å²) in [5, 5.41) is 11.3. The highest BCUT2D eigenvalue weighted by molar-refractivity contribution is 8.25. The Morgan fingerprint density at radius 3 is 1.26 bits per heavy atom. The van der Waals surface area contributed by atoms with Crippen molar-refractivity contribution < 1.29 is 28.5 Å². The molecular formula is C56H48N6O6S6. The number of nitrogens with zero attached hydrogens (tertiary/aromatic N) is 4. The maximum absolute atomic E-state index is 14.5. The van der Waals surface area contributed by atoms with E-state index in [4.69, 9.17) is 53.4 Å². The predicted molar refractivity (Wildman–Crippen MR) is 310 cm³/mol. The monoisotopic (exact) mass is 1090 g/mol. The fourth-order valence-corrected chi connectivity index (χ4v) is 13.5. The van der Waals surface area contributed by atoms with Crippen molar-refractivity contribution in [1.82, 2.24) is 9.97 Å². The molecule has 374 valence electrons. The van der Waals surface area contributed by atoms with Crippen LogP contribution < -0.4 is 39.4 Å². The van der Waals surface area contributed by atoms with Crippen LogP contribution >= 0.6 is 70.6 Å². The van der Waals surface area contributed by atoms with Crippen molar-refractivity contribution in [2.75, 3.05) is 48.9 Å². The van der Waals surface area contributed by atoms with E-state index in [-0.39, 0.29) is 11.8 Å². The SMILES string of the molecule is COc1ccc(C(Nc2nc(-c3ccccc3)cs2)C2SC(=S)N(c3ccc(CCc4ccc(N5C(=O)C(C(Nc6nc(-c7ccccc7)cs6)c6ccc(OC)c(OC)c6)SC5=S)cc4)cc3)C2=O)cc1OC. The molecule has 8 aromatic rings. The van der Waals surface area contributed by atoms with Gasteiger partial charge in [0.05, 0.1) is 63.3 Å². The molecule has 2 aromatic heterocycles. The van der Waals surface area contributed by atoms with Crippen molar-refractivity contribution in [3.8, 4) is 45.5 Å². The van der Waals surface area contributed by atoms with Crippen LogP contribution in [0.2, 0.25) is 0 Å². The third-order valence-corrected chi connectivity index (χ3v) is 17.4. The summed E-state index contributed by atoms with van der Waals surface area (Å²) in [5.41, 5.74) is 8.95. The van der Waals surface area contributed by atoms with E-state index in [0.29, 0.717) is 53.3 Å². The highest BCUT2D eigenvalue weighted by Gasteiger charge is 2.45. The van der Waals surface area contributed by atoms with Gasteiger partial charge in [-0.3, -0.25) is 19.4 Å². The van der Waals surface area contributed by atoms with Crippen LogP contribution in [0.5, 0.6) is 23.0 Å². The van der Waals surface area contributed by atoms with Gasteiger partial charge < -0.3 is 29.6 Å². The lowest BCUT2D eigenvalue weighted by atomic mass is 10.0. The van der Waals surface area contributed by atoms with Crippen molar-refractivity contribution in [3.63, 3.8) is 0 Å². The van der Waals surface area contributed by atoms with E-state index in [9.17, 15) is 9.59 Å². The van der Waals surface area contributed by atoms with Crippen LogP contribution in [-0.2, 0) is 22.4 Å². The number of aryl methyl sites for hydroxylation is 2. The van der Waals surface area contributed by atoms with E-state index >= 15 is 0 Å². The minimum absolute atomic E-state index is 0.134. The molecule has 2 N–H and O–H groups in total. The standard InChI is InChI=1S/C56H48N6O6S6/c1-65-43-27-21-37(29-45(43)67-3)47(59-53-57-41(31-71-53)35-11-7-5-8-12-35)49-51(63)61(55(69)73-49)39-23-17-33(18-24-39)15-16-34-19-25-40(26-20-34)62-52(64)50(74-56(62)70)48(38-22-28-44(66-2)46(30-38)68-4)60-54-58-42(32-72-54)36-13-9-6-10-14-36/h5-14,17-32,47-50H,15-16H2,1-4H3,(H,57,59)(H,58,60). The summed E-state index contributed by atoms with van der Waals surface area (Å²) >= 11 is 17.5. The number of hydrogen-bond donors (Lipinski definition) is 2. The number of benzene rings is 6. The highest BCUT2D eigenvalue weighted by atomic mass is 32.2. The maximum atomic E-state index is 14.5. The van der Waals surface area contributed by atoms with Gasteiger partial charge in [-0.15, -0.1) is 22.7 Å². The number of thiocarbonyl (C=S) groups is 2. The number of hydrogen-bond acceptors (Lipinski definition) is 16. The Hall–Kier alpha value is -6.80. The summed E-state index contributed by atoms with van der Waals surface area (Å²) in [6.45, 7) is 0. The van der Waals surface area contributed by atoms with Gasteiger partial charge in [-0.2, -0.15) is 0 Å². The summed E-state index contributed by atoms with van der Waals surface area (Å²) in [6.07, 6.45) is 1.50. The van der Waals surface area contributed by atoms with Crippen LogP contribution in [0.1, 0.15) is 34.3 Å². The molecule has 4 atom stereocenters. The first kappa shape index (κ1) is 50.7. The predicted octanol–water partition coefficient (Wildman–Crippen LogP) is 12.9. The number of rotatable bonds is 19. The summed E-state index contributed by atoms with van der Waals surface area (Å²) in [4.78, 5) is 42.1. The minimum Gasteiger partial charge on any atom is -0.493 e. The Kier molecular flexibility index (Phi) is 15.6. The van der Waals surface area contributed by atoms with E-state index < -0.39 is 22.6 Å². The smallest absolute Gasteiger partial charge is 0.248 e. The Morgan fingerprint density at radius 1 is 0.514 bits per heavy atom. The van der Waals surface area contributed by atoms with E-state index in [0.717, 1.165) is 57.6 Å².